The average molecular weight is 340 g/mol. The lowest BCUT2D eigenvalue weighted by molar-refractivity contribution is 0.352. The second kappa shape index (κ2) is 6.35. The third kappa shape index (κ3) is 3.13. The molecule has 3 nitrogen and oxygen atoms in total. The maximum Gasteiger partial charge on any atom is 0.244 e. The van der Waals surface area contributed by atoms with Gasteiger partial charge in [0.2, 0.25) is 10.0 Å². The van der Waals surface area contributed by atoms with Crippen molar-refractivity contribution in [3.8, 4) is 0 Å². The number of alkyl halides is 1. The van der Waals surface area contributed by atoms with Gasteiger partial charge in [-0.3, -0.25) is 0 Å². The van der Waals surface area contributed by atoms with Crippen LogP contribution < -0.4 is 0 Å². The van der Waals surface area contributed by atoms with Crippen molar-refractivity contribution in [2.24, 2.45) is 0 Å². The zero-order chi connectivity index (χ0) is 14.0. The van der Waals surface area contributed by atoms with Gasteiger partial charge < -0.3 is 0 Å². The SMILES string of the molecule is CSC1CCN(S(=O)(=O)c2c(C)csc2CCl)CC1. The van der Waals surface area contributed by atoms with Crippen LogP contribution in [0.2, 0.25) is 0 Å². The number of piperidine rings is 1. The Bertz CT molecular complexity index is 533. The Kier molecular flexibility index (Phi) is 5.22. The van der Waals surface area contributed by atoms with Crippen LogP contribution in [-0.2, 0) is 15.9 Å². The predicted octanol–water partition coefficient (Wildman–Crippen LogP) is 3.31. The maximum atomic E-state index is 12.7. The lowest BCUT2D eigenvalue weighted by atomic mass is 10.2. The Morgan fingerprint density at radius 2 is 2.11 bits per heavy atom. The van der Waals surface area contributed by atoms with Gasteiger partial charge in [0.05, 0.1) is 5.88 Å². The standard InChI is InChI=1S/C12H18ClNO2S3/c1-9-8-18-11(7-13)12(9)19(15,16)14-5-3-10(17-2)4-6-14/h8,10H,3-7H2,1-2H3. The van der Waals surface area contributed by atoms with Gasteiger partial charge in [-0.25, -0.2) is 8.42 Å². The normalized spacial score (nSPS) is 18.9. The predicted molar refractivity (Wildman–Crippen MR) is 83.9 cm³/mol. The summed E-state index contributed by atoms with van der Waals surface area (Å²) in [5.74, 6) is 0.258. The average Bonchev–Trinajstić information content (AvgIpc) is 2.80. The molecule has 0 unspecified atom stereocenters. The second-order valence-corrected chi connectivity index (χ2v) is 8.89. The monoisotopic (exact) mass is 339 g/mol. The molecule has 7 heteroatoms. The van der Waals surface area contributed by atoms with Crippen LogP contribution in [0.1, 0.15) is 23.3 Å². The highest BCUT2D eigenvalue weighted by Gasteiger charge is 2.32. The van der Waals surface area contributed by atoms with Crippen molar-refractivity contribution in [3.63, 3.8) is 0 Å². The molecule has 0 amide bonds. The highest BCUT2D eigenvalue weighted by molar-refractivity contribution is 7.99. The van der Waals surface area contributed by atoms with Crippen LogP contribution in [0.25, 0.3) is 0 Å². The first kappa shape index (κ1) is 15.6. The van der Waals surface area contributed by atoms with E-state index in [0.29, 0.717) is 23.2 Å². The molecule has 0 spiro atoms. The molecular formula is C12H18ClNO2S3. The quantitative estimate of drug-likeness (QED) is 0.790. The van der Waals surface area contributed by atoms with Gasteiger partial charge in [0.1, 0.15) is 4.90 Å². The summed E-state index contributed by atoms with van der Waals surface area (Å²) in [4.78, 5) is 1.20. The first-order valence-electron chi connectivity index (χ1n) is 6.16. The van der Waals surface area contributed by atoms with Crippen molar-refractivity contribution in [1.82, 2.24) is 4.31 Å². The lowest BCUT2D eigenvalue weighted by Crippen LogP contribution is -2.39. The van der Waals surface area contributed by atoms with Crippen LogP contribution in [0.4, 0.5) is 0 Å². The summed E-state index contributed by atoms with van der Waals surface area (Å²) >= 11 is 9.12. The molecule has 1 aromatic rings. The van der Waals surface area contributed by atoms with E-state index in [1.165, 1.54) is 11.3 Å². The lowest BCUT2D eigenvalue weighted by Gasteiger charge is -2.30. The van der Waals surface area contributed by atoms with Gasteiger partial charge in [0.25, 0.3) is 0 Å². The Morgan fingerprint density at radius 1 is 1.47 bits per heavy atom. The van der Waals surface area contributed by atoms with E-state index in [4.69, 9.17) is 11.6 Å². The molecule has 0 aliphatic carbocycles. The minimum Gasteiger partial charge on any atom is -0.207 e. The van der Waals surface area contributed by atoms with Gasteiger partial charge in [0, 0.05) is 23.2 Å². The smallest absolute Gasteiger partial charge is 0.207 e. The fraction of sp³-hybridized carbons (Fsp3) is 0.667. The molecule has 0 atom stereocenters. The third-order valence-electron chi connectivity index (χ3n) is 3.44. The molecule has 1 saturated heterocycles. The van der Waals surface area contributed by atoms with Crippen LogP contribution in [0.3, 0.4) is 0 Å². The van der Waals surface area contributed by atoms with Crippen molar-refractivity contribution in [3.05, 3.63) is 15.8 Å². The summed E-state index contributed by atoms with van der Waals surface area (Å²) in [5, 5.41) is 2.46. The van der Waals surface area contributed by atoms with E-state index in [1.807, 2.05) is 24.1 Å². The van der Waals surface area contributed by atoms with Crippen molar-refractivity contribution >= 4 is 44.7 Å². The summed E-state index contributed by atoms with van der Waals surface area (Å²) in [6, 6.07) is 0. The van der Waals surface area contributed by atoms with Crippen molar-refractivity contribution in [2.75, 3.05) is 19.3 Å². The highest BCUT2D eigenvalue weighted by Crippen LogP contribution is 2.33. The highest BCUT2D eigenvalue weighted by atomic mass is 35.5. The van der Waals surface area contributed by atoms with Crippen molar-refractivity contribution in [1.29, 1.82) is 0 Å². The molecule has 0 saturated carbocycles. The molecule has 0 N–H and O–H groups in total. The maximum absolute atomic E-state index is 12.7. The number of nitrogens with zero attached hydrogens (tertiary/aromatic N) is 1. The molecule has 1 fully saturated rings. The Labute approximate surface area is 128 Å². The molecule has 0 bridgehead atoms. The van der Waals surface area contributed by atoms with Crippen molar-refractivity contribution in [2.45, 2.75) is 35.8 Å². The number of thioether (sulfide) groups is 1. The zero-order valence-electron chi connectivity index (χ0n) is 11.1. The van der Waals surface area contributed by atoms with Gasteiger partial charge in [-0.1, -0.05) is 0 Å². The van der Waals surface area contributed by atoms with E-state index in [9.17, 15) is 8.42 Å². The second-order valence-electron chi connectivity index (χ2n) is 4.64. The van der Waals surface area contributed by atoms with E-state index in [2.05, 4.69) is 6.26 Å². The minimum absolute atomic E-state index is 0.258. The number of hydrogen-bond acceptors (Lipinski definition) is 4. The van der Waals surface area contributed by atoms with Gasteiger partial charge in [-0.2, -0.15) is 16.1 Å². The Balaban J connectivity index is 2.26. The number of sulfonamides is 1. The number of aryl methyl sites for hydroxylation is 1. The Hall–Kier alpha value is 0.250. The number of halogens is 1. The number of hydrogen-bond donors (Lipinski definition) is 0. The first-order valence-corrected chi connectivity index (χ1v) is 10.3. The molecule has 1 aliphatic rings. The molecule has 0 aromatic carbocycles. The van der Waals surface area contributed by atoms with E-state index in [-0.39, 0.29) is 5.88 Å². The van der Waals surface area contributed by atoms with Gasteiger partial charge in [-0.15, -0.1) is 22.9 Å². The topological polar surface area (TPSA) is 37.4 Å². The van der Waals surface area contributed by atoms with E-state index >= 15 is 0 Å². The summed E-state index contributed by atoms with van der Waals surface area (Å²) in [5.41, 5.74) is 0.813. The molecule has 19 heavy (non-hydrogen) atoms. The largest absolute Gasteiger partial charge is 0.244 e. The molecule has 108 valence electrons. The molecule has 1 aliphatic heterocycles. The molecule has 2 heterocycles. The summed E-state index contributed by atoms with van der Waals surface area (Å²) in [6.07, 6.45) is 3.95. The van der Waals surface area contributed by atoms with Crippen LogP contribution in [0.15, 0.2) is 10.3 Å². The van der Waals surface area contributed by atoms with Crippen molar-refractivity contribution < 1.29 is 8.42 Å². The van der Waals surface area contributed by atoms with Crippen LogP contribution >= 0.6 is 34.7 Å². The molecule has 2 rings (SSSR count). The van der Waals surface area contributed by atoms with Gasteiger partial charge in [-0.05, 0) is 37.0 Å². The van der Waals surface area contributed by atoms with E-state index in [1.54, 1.807) is 4.31 Å². The molecule has 0 radical (unpaired) electrons. The van der Waals surface area contributed by atoms with Gasteiger partial charge >= 0.3 is 0 Å². The van der Waals surface area contributed by atoms with Crippen LogP contribution in [0.5, 0.6) is 0 Å². The summed E-state index contributed by atoms with van der Waals surface area (Å²) in [7, 11) is -3.37. The fourth-order valence-corrected chi connectivity index (χ4v) is 6.53. The van der Waals surface area contributed by atoms with E-state index < -0.39 is 10.0 Å². The van der Waals surface area contributed by atoms with Gasteiger partial charge in [0.15, 0.2) is 0 Å². The minimum atomic E-state index is -3.37. The molecular weight excluding hydrogens is 322 g/mol. The Morgan fingerprint density at radius 3 is 2.63 bits per heavy atom. The number of rotatable bonds is 4. The fourth-order valence-electron chi connectivity index (χ4n) is 2.36. The third-order valence-corrected chi connectivity index (χ3v) is 8.37. The zero-order valence-corrected chi connectivity index (χ0v) is 14.3. The van der Waals surface area contributed by atoms with Crippen LogP contribution in [-0.4, -0.2) is 37.3 Å². The molecule has 1 aromatic heterocycles. The number of thiophene rings is 1. The first-order chi connectivity index (χ1) is 9.00. The van der Waals surface area contributed by atoms with Crippen LogP contribution in [0, 0.1) is 6.92 Å². The summed E-state index contributed by atoms with van der Waals surface area (Å²) < 4.78 is 27.0. The summed E-state index contributed by atoms with van der Waals surface area (Å²) in [6.45, 7) is 3.07. The van der Waals surface area contributed by atoms with E-state index in [0.717, 1.165) is 23.3 Å².